The lowest BCUT2D eigenvalue weighted by Gasteiger charge is -2.16. The highest BCUT2D eigenvalue weighted by atomic mass is 79.9. The third kappa shape index (κ3) is 3.86. The average molecular weight is 348 g/mol. The molecule has 21 heavy (non-hydrogen) atoms. The molecular weight excluding hydrogens is 326 g/mol. The number of benzene rings is 2. The number of rotatable bonds is 5. The smallest absolute Gasteiger partial charge is 0.0744 e. The number of hydrogen-bond donors (Lipinski definition) is 1. The molecule has 112 valence electrons. The number of hydrogen-bond acceptors (Lipinski definition) is 2. The van der Waals surface area contributed by atoms with E-state index in [4.69, 9.17) is 4.74 Å². The van der Waals surface area contributed by atoms with Gasteiger partial charge >= 0.3 is 0 Å². The summed E-state index contributed by atoms with van der Waals surface area (Å²) in [7, 11) is 1.72. The Labute approximate surface area is 135 Å². The molecule has 2 aromatic carbocycles. The van der Waals surface area contributed by atoms with Crippen LogP contribution in [0.1, 0.15) is 27.8 Å². The predicted octanol–water partition coefficient (Wildman–Crippen LogP) is 5.13. The molecule has 0 bridgehead atoms. The van der Waals surface area contributed by atoms with E-state index < -0.39 is 0 Å². The van der Waals surface area contributed by atoms with Crippen molar-refractivity contribution in [3.8, 4) is 0 Å². The molecule has 2 rings (SSSR count). The summed E-state index contributed by atoms with van der Waals surface area (Å²) in [5.74, 6) is 0. The summed E-state index contributed by atoms with van der Waals surface area (Å²) in [4.78, 5) is 0. The van der Waals surface area contributed by atoms with E-state index in [1.165, 1.54) is 22.3 Å². The van der Waals surface area contributed by atoms with E-state index in [2.05, 4.69) is 60.2 Å². The van der Waals surface area contributed by atoms with Crippen LogP contribution in [-0.4, -0.2) is 7.11 Å². The standard InChI is InChI=1S/C18H22BrNO/c1-12-8-13(2)15(14(3)9-12)10-20-18-7-5-6-17(19)16(18)11-21-4/h5-9,20H,10-11H2,1-4H3. The normalized spacial score (nSPS) is 10.7. The Bertz CT molecular complexity index is 614. The number of ether oxygens (including phenoxy) is 1. The van der Waals surface area contributed by atoms with E-state index in [0.717, 1.165) is 22.3 Å². The highest BCUT2D eigenvalue weighted by Crippen LogP contribution is 2.27. The summed E-state index contributed by atoms with van der Waals surface area (Å²) in [6.45, 7) is 7.91. The summed E-state index contributed by atoms with van der Waals surface area (Å²) < 4.78 is 6.37. The second kappa shape index (κ2) is 7.10. The highest BCUT2D eigenvalue weighted by molar-refractivity contribution is 9.10. The molecule has 0 atom stereocenters. The van der Waals surface area contributed by atoms with E-state index >= 15 is 0 Å². The molecule has 2 aromatic rings. The predicted molar refractivity (Wildman–Crippen MR) is 92.8 cm³/mol. The van der Waals surface area contributed by atoms with Crippen molar-refractivity contribution in [3.63, 3.8) is 0 Å². The van der Waals surface area contributed by atoms with Gasteiger partial charge in [0.2, 0.25) is 0 Å². The minimum atomic E-state index is 0.593. The molecule has 0 fully saturated rings. The van der Waals surface area contributed by atoms with Crippen molar-refractivity contribution in [2.24, 2.45) is 0 Å². The molecule has 0 saturated heterocycles. The second-order valence-corrected chi connectivity index (χ2v) is 6.28. The SMILES string of the molecule is COCc1c(Br)cccc1NCc1c(C)cc(C)cc1C. The fraction of sp³-hybridized carbons (Fsp3) is 0.333. The first-order valence-corrected chi connectivity index (χ1v) is 7.89. The molecule has 1 N–H and O–H groups in total. The van der Waals surface area contributed by atoms with Crippen molar-refractivity contribution < 1.29 is 4.74 Å². The molecule has 0 aliphatic carbocycles. The third-order valence-electron chi connectivity index (χ3n) is 3.70. The van der Waals surface area contributed by atoms with Crippen LogP contribution < -0.4 is 5.32 Å². The van der Waals surface area contributed by atoms with Crippen LogP contribution in [0.15, 0.2) is 34.8 Å². The molecule has 0 radical (unpaired) electrons. The van der Waals surface area contributed by atoms with Gasteiger partial charge in [0.25, 0.3) is 0 Å². The molecule has 0 heterocycles. The second-order valence-electron chi connectivity index (χ2n) is 5.43. The maximum atomic E-state index is 5.29. The first-order valence-electron chi connectivity index (χ1n) is 7.10. The van der Waals surface area contributed by atoms with Crippen LogP contribution in [0.3, 0.4) is 0 Å². The van der Waals surface area contributed by atoms with E-state index in [9.17, 15) is 0 Å². The van der Waals surface area contributed by atoms with Crippen LogP contribution in [0.2, 0.25) is 0 Å². The van der Waals surface area contributed by atoms with Gasteiger partial charge in [0.05, 0.1) is 6.61 Å². The molecule has 0 aromatic heterocycles. The largest absolute Gasteiger partial charge is 0.381 e. The van der Waals surface area contributed by atoms with Crippen LogP contribution in [0, 0.1) is 20.8 Å². The van der Waals surface area contributed by atoms with E-state index in [-0.39, 0.29) is 0 Å². The van der Waals surface area contributed by atoms with Crippen molar-refractivity contribution in [2.75, 3.05) is 12.4 Å². The van der Waals surface area contributed by atoms with Gasteiger partial charge in [-0.3, -0.25) is 0 Å². The van der Waals surface area contributed by atoms with Gasteiger partial charge in [-0.15, -0.1) is 0 Å². The maximum Gasteiger partial charge on any atom is 0.0744 e. The van der Waals surface area contributed by atoms with Gasteiger partial charge in [0.1, 0.15) is 0 Å². The van der Waals surface area contributed by atoms with E-state index in [1.54, 1.807) is 7.11 Å². The molecule has 0 spiro atoms. The molecule has 0 unspecified atom stereocenters. The van der Waals surface area contributed by atoms with Gasteiger partial charge in [-0.2, -0.15) is 0 Å². The van der Waals surface area contributed by atoms with Crippen LogP contribution in [-0.2, 0) is 17.9 Å². The molecular formula is C18H22BrNO. The topological polar surface area (TPSA) is 21.3 Å². The highest BCUT2D eigenvalue weighted by Gasteiger charge is 2.08. The first-order chi connectivity index (χ1) is 10.0. The van der Waals surface area contributed by atoms with Crippen molar-refractivity contribution >= 4 is 21.6 Å². The van der Waals surface area contributed by atoms with Gasteiger partial charge in [-0.05, 0) is 49.6 Å². The Kier molecular flexibility index (Phi) is 5.43. The van der Waals surface area contributed by atoms with Gasteiger partial charge in [0, 0.05) is 29.4 Å². The van der Waals surface area contributed by atoms with Gasteiger partial charge < -0.3 is 10.1 Å². The quantitative estimate of drug-likeness (QED) is 0.809. The molecule has 0 amide bonds. The molecule has 0 saturated carbocycles. The summed E-state index contributed by atoms with van der Waals surface area (Å²) in [6, 6.07) is 10.7. The lowest BCUT2D eigenvalue weighted by Crippen LogP contribution is -2.06. The van der Waals surface area contributed by atoms with Crippen molar-refractivity contribution in [1.82, 2.24) is 0 Å². The summed E-state index contributed by atoms with van der Waals surface area (Å²) in [5.41, 5.74) is 7.62. The third-order valence-corrected chi connectivity index (χ3v) is 4.45. The van der Waals surface area contributed by atoms with Crippen molar-refractivity contribution in [1.29, 1.82) is 0 Å². The number of halogens is 1. The van der Waals surface area contributed by atoms with Crippen LogP contribution in [0.25, 0.3) is 0 Å². The zero-order valence-electron chi connectivity index (χ0n) is 13.1. The molecule has 2 nitrogen and oxygen atoms in total. The Balaban J connectivity index is 2.23. The minimum absolute atomic E-state index is 0.593. The summed E-state index contributed by atoms with van der Waals surface area (Å²) >= 11 is 3.59. The number of nitrogens with one attached hydrogen (secondary N) is 1. The van der Waals surface area contributed by atoms with Gasteiger partial charge in [-0.1, -0.05) is 39.7 Å². The van der Waals surface area contributed by atoms with Crippen molar-refractivity contribution in [2.45, 2.75) is 33.9 Å². The van der Waals surface area contributed by atoms with Crippen LogP contribution in [0.5, 0.6) is 0 Å². The van der Waals surface area contributed by atoms with E-state index in [0.29, 0.717) is 6.61 Å². The monoisotopic (exact) mass is 347 g/mol. The fourth-order valence-corrected chi connectivity index (χ4v) is 3.17. The molecule has 0 aliphatic heterocycles. The number of anilines is 1. The Morgan fingerprint density at radius 1 is 1.05 bits per heavy atom. The summed E-state index contributed by atoms with van der Waals surface area (Å²) in [5, 5.41) is 3.55. The zero-order chi connectivity index (χ0) is 15.4. The number of aryl methyl sites for hydroxylation is 3. The zero-order valence-corrected chi connectivity index (χ0v) is 14.7. The first kappa shape index (κ1) is 16.1. The number of methoxy groups -OCH3 is 1. The molecule has 3 heteroatoms. The van der Waals surface area contributed by atoms with Gasteiger partial charge in [-0.25, -0.2) is 0 Å². The van der Waals surface area contributed by atoms with E-state index in [1.807, 2.05) is 12.1 Å². The Morgan fingerprint density at radius 2 is 1.71 bits per heavy atom. The lowest BCUT2D eigenvalue weighted by atomic mass is 9.99. The minimum Gasteiger partial charge on any atom is -0.381 e. The van der Waals surface area contributed by atoms with Crippen LogP contribution in [0.4, 0.5) is 5.69 Å². The maximum absolute atomic E-state index is 5.29. The Morgan fingerprint density at radius 3 is 2.33 bits per heavy atom. The van der Waals surface area contributed by atoms with Gasteiger partial charge in [0.15, 0.2) is 0 Å². The summed E-state index contributed by atoms with van der Waals surface area (Å²) in [6.07, 6.45) is 0. The Hall–Kier alpha value is -1.32. The average Bonchev–Trinajstić information content (AvgIpc) is 2.41. The fourth-order valence-electron chi connectivity index (χ4n) is 2.69. The lowest BCUT2D eigenvalue weighted by molar-refractivity contribution is 0.185. The van der Waals surface area contributed by atoms with Crippen molar-refractivity contribution in [3.05, 3.63) is 62.6 Å². The molecule has 0 aliphatic rings. The van der Waals surface area contributed by atoms with Crippen LogP contribution >= 0.6 is 15.9 Å².